The zero-order valence-corrected chi connectivity index (χ0v) is 11.7. The minimum Gasteiger partial charge on any atom is -0.326 e. The number of carbonyl (C=O) groups is 1. The number of nitro benzene ring substituents is 1. The average molecular weight is 284 g/mol. The number of hydrogen-bond donors (Lipinski definition) is 1. The van der Waals surface area contributed by atoms with Crippen LogP contribution >= 0.6 is 0 Å². The monoisotopic (exact) mass is 284 g/mol. The van der Waals surface area contributed by atoms with Crippen molar-refractivity contribution in [1.82, 2.24) is 0 Å². The van der Waals surface area contributed by atoms with Gasteiger partial charge >= 0.3 is 0 Å². The third-order valence-electron chi connectivity index (χ3n) is 3.21. The quantitative estimate of drug-likeness (QED) is 0.676. The van der Waals surface area contributed by atoms with Crippen molar-refractivity contribution in [2.45, 2.75) is 19.8 Å². The Bertz CT molecular complexity index is 668. The Kier molecular flexibility index (Phi) is 4.66. The van der Waals surface area contributed by atoms with Gasteiger partial charge in [-0.05, 0) is 18.1 Å². The predicted molar refractivity (Wildman–Crippen MR) is 81.3 cm³/mol. The molecule has 0 saturated carbocycles. The summed E-state index contributed by atoms with van der Waals surface area (Å²) in [4.78, 5) is 22.6. The van der Waals surface area contributed by atoms with Crippen LogP contribution in [0.15, 0.2) is 48.5 Å². The van der Waals surface area contributed by atoms with Crippen LogP contribution in [-0.4, -0.2) is 10.8 Å². The molecule has 0 bridgehead atoms. The largest absolute Gasteiger partial charge is 0.326 e. The van der Waals surface area contributed by atoms with Gasteiger partial charge in [-0.3, -0.25) is 14.9 Å². The summed E-state index contributed by atoms with van der Waals surface area (Å²) in [6, 6.07) is 13.8. The highest BCUT2D eigenvalue weighted by atomic mass is 16.6. The molecule has 5 heteroatoms. The molecular formula is C16H16N2O3. The summed E-state index contributed by atoms with van der Waals surface area (Å²) >= 11 is 0. The number of benzene rings is 2. The van der Waals surface area contributed by atoms with E-state index >= 15 is 0 Å². The summed E-state index contributed by atoms with van der Waals surface area (Å²) in [6.07, 6.45) is 0.789. The van der Waals surface area contributed by atoms with Crippen molar-refractivity contribution in [3.8, 4) is 0 Å². The summed E-state index contributed by atoms with van der Waals surface area (Å²) in [5.41, 5.74) is 2.17. The highest BCUT2D eigenvalue weighted by molar-refractivity contribution is 5.93. The smallest absolute Gasteiger partial charge is 0.273 e. The summed E-state index contributed by atoms with van der Waals surface area (Å²) in [6.45, 7) is 2.01. The van der Waals surface area contributed by atoms with E-state index < -0.39 is 4.92 Å². The zero-order chi connectivity index (χ0) is 15.2. The fourth-order valence-corrected chi connectivity index (χ4v) is 2.16. The van der Waals surface area contributed by atoms with Gasteiger partial charge in [0.2, 0.25) is 5.91 Å². The third kappa shape index (κ3) is 3.66. The Morgan fingerprint density at radius 3 is 2.38 bits per heavy atom. The molecule has 2 aromatic rings. The molecule has 0 aliphatic heterocycles. The van der Waals surface area contributed by atoms with Crippen LogP contribution in [-0.2, 0) is 17.6 Å². The van der Waals surface area contributed by atoms with Crippen molar-refractivity contribution < 1.29 is 9.72 Å². The van der Waals surface area contributed by atoms with Gasteiger partial charge in [-0.2, -0.15) is 0 Å². The topological polar surface area (TPSA) is 72.2 Å². The van der Waals surface area contributed by atoms with E-state index in [1.54, 1.807) is 18.2 Å². The molecule has 0 fully saturated rings. The molecule has 0 aliphatic rings. The van der Waals surface area contributed by atoms with Gasteiger partial charge in [0, 0.05) is 17.3 Å². The Morgan fingerprint density at radius 1 is 1.10 bits per heavy atom. The van der Waals surface area contributed by atoms with Gasteiger partial charge in [-0.25, -0.2) is 0 Å². The van der Waals surface area contributed by atoms with Gasteiger partial charge < -0.3 is 5.32 Å². The number of nitrogens with one attached hydrogen (secondary N) is 1. The Hall–Kier alpha value is -2.69. The molecule has 0 aromatic heterocycles. The van der Waals surface area contributed by atoms with Crippen LogP contribution < -0.4 is 5.32 Å². The first kappa shape index (κ1) is 14.7. The second-order valence-electron chi connectivity index (χ2n) is 4.62. The molecule has 21 heavy (non-hydrogen) atoms. The Labute approximate surface area is 122 Å². The maximum absolute atomic E-state index is 12.1. The van der Waals surface area contributed by atoms with Crippen LogP contribution in [0.3, 0.4) is 0 Å². The van der Waals surface area contributed by atoms with Gasteiger partial charge in [-0.1, -0.05) is 43.3 Å². The van der Waals surface area contributed by atoms with Crippen LogP contribution in [0.25, 0.3) is 0 Å². The molecule has 5 nitrogen and oxygen atoms in total. The lowest BCUT2D eigenvalue weighted by molar-refractivity contribution is -0.385. The van der Waals surface area contributed by atoms with Crippen molar-refractivity contribution in [1.29, 1.82) is 0 Å². The van der Waals surface area contributed by atoms with Crippen molar-refractivity contribution in [3.05, 3.63) is 69.8 Å². The maximum atomic E-state index is 12.1. The number of amides is 1. The molecular weight excluding hydrogens is 268 g/mol. The van der Waals surface area contributed by atoms with E-state index in [0.29, 0.717) is 5.56 Å². The molecule has 1 N–H and O–H groups in total. The third-order valence-corrected chi connectivity index (χ3v) is 3.21. The number of hydrogen-bond acceptors (Lipinski definition) is 3. The normalized spacial score (nSPS) is 10.1. The van der Waals surface area contributed by atoms with Gasteiger partial charge in [0.15, 0.2) is 0 Å². The Balaban J connectivity index is 2.14. The lowest BCUT2D eigenvalue weighted by atomic mass is 10.1. The van der Waals surface area contributed by atoms with Crippen molar-refractivity contribution >= 4 is 17.3 Å². The summed E-state index contributed by atoms with van der Waals surface area (Å²) in [5.74, 6) is -0.259. The number of aryl methyl sites for hydroxylation is 1. The molecule has 2 aromatic carbocycles. The molecule has 1 amide bonds. The highest BCUT2D eigenvalue weighted by Gasteiger charge is 2.15. The number of nitrogens with zero attached hydrogens (tertiary/aromatic N) is 1. The summed E-state index contributed by atoms with van der Waals surface area (Å²) in [5, 5.41) is 13.8. The van der Waals surface area contributed by atoms with E-state index in [0.717, 1.165) is 17.7 Å². The van der Waals surface area contributed by atoms with E-state index in [-0.39, 0.29) is 18.0 Å². The molecule has 0 spiro atoms. The second kappa shape index (κ2) is 6.65. The number of nitro groups is 1. The molecule has 0 radical (unpaired) electrons. The SMILES string of the molecule is CCc1ccccc1NC(=O)Cc1ccccc1[N+](=O)[O-]. The van der Waals surface area contributed by atoms with Crippen LogP contribution in [0, 0.1) is 10.1 Å². The van der Waals surface area contributed by atoms with Crippen molar-refractivity contribution in [3.63, 3.8) is 0 Å². The van der Waals surface area contributed by atoms with Crippen LogP contribution in [0.2, 0.25) is 0 Å². The van der Waals surface area contributed by atoms with E-state index in [2.05, 4.69) is 5.32 Å². The summed E-state index contributed by atoms with van der Waals surface area (Å²) in [7, 11) is 0. The Morgan fingerprint density at radius 2 is 1.71 bits per heavy atom. The predicted octanol–water partition coefficient (Wildman–Crippen LogP) is 3.34. The minimum absolute atomic E-state index is 0.0186. The lowest BCUT2D eigenvalue weighted by Crippen LogP contribution is -2.16. The fraction of sp³-hybridized carbons (Fsp3) is 0.188. The number of carbonyl (C=O) groups excluding carboxylic acids is 1. The van der Waals surface area contributed by atoms with Crippen LogP contribution in [0.5, 0.6) is 0 Å². The van der Waals surface area contributed by atoms with Gasteiger partial charge in [0.05, 0.1) is 11.3 Å². The van der Waals surface area contributed by atoms with Crippen LogP contribution in [0.4, 0.5) is 11.4 Å². The van der Waals surface area contributed by atoms with Gasteiger partial charge in [-0.15, -0.1) is 0 Å². The number of para-hydroxylation sites is 2. The molecule has 2 rings (SSSR count). The van der Waals surface area contributed by atoms with Gasteiger partial charge in [0.1, 0.15) is 0 Å². The molecule has 0 atom stereocenters. The first-order valence-electron chi connectivity index (χ1n) is 6.72. The zero-order valence-electron chi connectivity index (χ0n) is 11.7. The van der Waals surface area contributed by atoms with Gasteiger partial charge in [0.25, 0.3) is 5.69 Å². The standard InChI is InChI=1S/C16H16N2O3/c1-2-12-7-3-5-9-14(12)17-16(19)11-13-8-4-6-10-15(13)18(20)21/h3-10H,2,11H2,1H3,(H,17,19). The van der Waals surface area contributed by atoms with Crippen molar-refractivity contribution in [2.24, 2.45) is 0 Å². The lowest BCUT2D eigenvalue weighted by Gasteiger charge is -2.09. The van der Waals surface area contributed by atoms with E-state index in [1.165, 1.54) is 6.07 Å². The second-order valence-corrected chi connectivity index (χ2v) is 4.62. The molecule has 0 heterocycles. The van der Waals surface area contributed by atoms with E-state index in [9.17, 15) is 14.9 Å². The maximum Gasteiger partial charge on any atom is 0.273 e. The number of anilines is 1. The first-order chi connectivity index (χ1) is 10.1. The van der Waals surface area contributed by atoms with E-state index in [4.69, 9.17) is 0 Å². The molecule has 0 saturated heterocycles. The highest BCUT2D eigenvalue weighted by Crippen LogP contribution is 2.20. The summed E-state index contributed by atoms with van der Waals surface area (Å²) < 4.78 is 0. The number of rotatable bonds is 5. The van der Waals surface area contributed by atoms with Crippen molar-refractivity contribution in [2.75, 3.05) is 5.32 Å². The van der Waals surface area contributed by atoms with E-state index in [1.807, 2.05) is 31.2 Å². The first-order valence-corrected chi connectivity index (χ1v) is 6.72. The minimum atomic E-state index is -0.470. The molecule has 0 unspecified atom stereocenters. The molecule has 108 valence electrons. The van der Waals surface area contributed by atoms with Crippen LogP contribution in [0.1, 0.15) is 18.1 Å². The fourth-order valence-electron chi connectivity index (χ4n) is 2.16. The average Bonchev–Trinajstić information content (AvgIpc) is 2.48. The molecule has 0 aliphatic carbocycles.